The van der Waals surface area contributed by atoms with Gasteiger partial charge < -0.3 is 0 Å². The molecular weight excluding hydrogens is 188 g/mol. The van der Waals surface area contributed by atoms with Crippen molar-refractivity contribution in [2.75, 3.05) is 11.5 Å². The highest BCUT2D eigenvalue weighted by Crippen LogP contribution is 2.34. The molecule has 2 aliphatic rings. The van der Waals surface area contributed by atoms with Gasteiger partial charge in [0, 0.05) is 12.3 Å². The van der Waals surface area contributed by atoms with Crippen molar-refractivity contribution in [1.82, 2.24) is 0 Å². The third-order valence-electron chi connectivity index (χ3n) is 2.87. The number of hydrogen-bond donors (Lipinski definition) is 0. The van der Waals surface area contributed by atoms with E-state index in [1.807, 2.05) is 0 Å². The summed E-state index contributed by atoms with van der Waals surface area (Å²) < 4.78 is 22.2. The van der Waals surface area contributed by atoms with Crippen LogP contribution < -0.4 is 0 Å². The third-order valence-corrected chi connectivity index (χ3v) is 4.64. The van der Waals surface area contributed by atoms with Crippen LogP contribution in [0.25, 0.3) is 0 Å². The van der Waals surface area contributed by atoms with Gasteiger partial charge in [-0.2, -0.15) is 0 Å². The normalized spacial score (nSPS) is 31.8. The zero-order valence-corrected chi connectivity index (χ0v) is 8.35. The van der Waals surface area contributed by atoms with Crippen LogP contribution in [0.4, 0.5) is 0 Å². The monoisotopic (exact) mass is 202 g/mol. The molecule has 4 heteroatoms. The minimum absolute atomic E-state index is 0.110. The van der Waals surface area contributed by atoms with Crippen molar-refractivity contribution in [3.05, 3.63) is 0 Å². The molecule has 3 nitrogen and oxygen atoms in total. The lowest BCUT2D eigenvalue weighted by atomic mass is 9.99. The SMILES string of the molecule is O=C(CC1CC1)C1CCS(=O)(=O)C1. The first-order valence-electron chi connectivity index (χ1n) is 4.80. The Balaban J connectivity index is 1.90. The molecule has 0 bridgehead atoms. The van der Waals surface area contributed by atoms with E-state index in [9.17, 15) is 13.2 Å². The summed E-state index contributed by atoms with van der Waals surface area (Å²) in [5, 5.41) is 0. The van der Waals surface area contributed by atoms with E-state index in [-0.39, 0.29) is 23.2 Å². The van der Waals surface area contributed by atoms with Crippen LogP contribution in [0.5, 0.6) is 0 Å². The summed E-state index contributed by atoms with van der Waals surface area (Å²) in [6.07, 6.45) is 3.50. The molecule has 1 aliphatic heterocycles. The van der Waals surface area contributed by atoms with Gasteiger partial charge in [0.15, 0.2) is 9.84 Å². The smallest absolute Gasteiger partial charge is 0.151 e. The van der Waals surface area contributed by atoms with Gasteiger partial charge >= 0.3 is 0 Å². The van der Waals surface area contributed by atoms with E-state index in [4.69, 9.17) is 0 Å². The van der Waals surface area contributed by atoms with Crippen molar-refractivity contribution in [2.45, 2.75) is 25.7 Å². The van der Waals surface area contributed by atoms with Gasteiger partial charge in [0.1, 0.15) is 5.78 Å². The fourth-order valence-corrected chi connectivity index (χ4v) is 3.60. The third kappa shape index (κ3) is 2.30. The second-order valence-electron chi connectivity index (χ2n) is 4.21. The number of carbonyl (C=O) groups is 1. The highest BCUT2D eigenvalue weighted by atomic mass is 32.2. The first-order chi connectivity index (χ1) is 6.07. The van der Waals surface area contributed by atoms with E-state index < -0.39 is 9.84 Å². The number of hydrogen-bond acceptors (Lipinski definition) is 3. The number of Topliss-reactive ketones (excluding diaryl/α,β-unsaturated/α-hetero) is 1. The minimum atomic E-state index is -2.88. The van der Waals surface area contributed by atoms with Crippen molar-refractivity contribution in [2.24, 2.45) is 11.8 Å². The van der Waals surface area contributed by atoms with E-state index >= 15 is 0 Å². The summed E-state index contributed by atoms with van der Waals surface area (Å²) in [7, 11) is -2.88. The van der Waals surface area contributed by atoms with Crippen LogP contribution in [0.15, 0.2) is 0 Å². The first kappa shape index (κ1) is 9.19. The van der Waals surface area contributed by atoms with E-state index in [1.54, 1.807) is 0 Å². The summed E-state index contributed by atoms with van der Waals surface area (Å²) in [6, 6.07) is 0. The standard InChI is InChI=1S/C9H14O3S/c10-9(5-7-1-2-7)8-3-4-13(11,12)6-8/h7-8H,1-6H2. The molecule has 0 radical (unpaired) electrons. The molecule has 1 aliphatic carbocycles. The van der Waals surface area contributed by atoms with Crippen LogP contribution in [0, 0.1) is 11.8 Å². The van der Waals surface area contributed by atoms with E-state index in [1.165, 1.54) is 0 Å². The molecule has 74 valence electrons. The molecule has 2 fully saturated rings. The molecule has 1 atom stereocenters. The van der Waals surface area contributed by atoms with E-state index in [2.05, 4.69) is 0 Å². The second kappa shape index (κ2) is 3.08. The van der Waals surface area contributed by atoms with Crippen molar-refractivity contribution < 1.29 is 13.2 Å². The van der Waals surface area contributed by atoms with Gasteiger partial charge in [0.25, 0.3) is 0 Å². The average molecular weight is 202 g/mol. The fourth-order valence-electron chi connectivity index (χ4n) is 1.82. The average Bonchev–Trinajstić information content (AvgIpc) is 2.75. The molecule has 1 unspecified atom stereocenters. The van der Waals surface area contributed by atoms with Crippen LogP contribution in [-0.2, 0) is 14.6 Å². The molecule has 0 aromatic carbocycles. The topological polar surface area (TPSA) is 51.2 Å². The molecule has 0 amide bonds. The molecule has 2 rings (SSSR count). The summed E-state index contributed by atoms with van der Waals surface area (Å²) in [5.41, 5.74) is 0. The number of sulfone groups is 1. The lowest BCUT2D eigenvalue weighted by molar-refractivity contribution is -0.122. The molecule has 1 heterocycles. The Morgan fingerprint density at radius 3 is 2.38 bits per heavy atom. The van der Waals surface area contributed by atoms with Crippen LogP contribution in [0.2, 0.25) is 0 Å². The second-order valence-corrected chi connectivity index (χ2v) is 6.44. The molecule has 0 aromatic rings. The van der Waals surface area contributed by atoms with Crippen LogP contribution in [-0.4, -0.2) is 25.7 Å². The van der Waals surface area contributed by atoms with Gasteiger partial charge in [0.05, 0.1) is 11.5 Å². The Kier molecular flexibility index (Phi) is 2.18. The number of rotatable bonds is 3. The van der Waals surface area contributed by atoms with Crippen LogP contribution in [0.3, 0.4) is 0 Å². The summed E-state index contributed by atoms with van der Waals surface area (Å²) in [5.74, 6) is 0.914. The lowest BCUT2D eigenvalue weighted by Gasteiger charge is -2.04. The Labute approximate surface area is 78.4 Å². The zero-order chi connectivity index (χ0) is 9.47. The molecule has 0 spiro atoms. The Hall–Kier alpha value is -0.380. The maximum Gasteiger partial charge on any atom is 0.151 e. The highest BCUT2D eigenvalue weighted by Gasteiger charge is 2.35. The van der Waals surface area contributed by atoms with Gasteiger partial charge in [-0.05, 0) is 25.2 Å². The summed E-state index contributed by atoms with van der Waals surface area (Å²) in [4.78, 5) is 11.5. The van der Waals surface area contributed by atoms with Crippen molar-refractivity contribution in [3.8, 4) is 0 Å². The predicted octanol–water partition coefficient (Wildman–Crippen LogP) is 0.790. The predicted molar refractivity (Wildman–Crippen MR) is 49.1 cm³/mol. The molecule has 1 saturated carbocycles. The summed E-state index contributed by atoms with van der Waals surface area (Å²) >= 11 is 0. The molecule has 0 N–H and O–H groups in total. The number of ketones is 1. The first-order valence-corrected chi connectivity index (χ1v) is 6.62. The Bertz CT molecular complexity index is 314. The van der Waals surface area contributed by atoms with Gasteiger partial charge in [0.2, 0.25) is 0 Å². The Morgan fingerprint density at radius 2 is 1.92 bits per heavy atom. The maximum absolute atomic E-state index is 11.5. The molecular formula is C9H14O3S. The van der Waals surface area contributed by atoms with Crippen molar-refractivity contribution in [1.29, 1.82) is 0 Å². The largest absolute Gasteiger partial charge is 0.299 e. The molecule has 13 heavy (non-hydrogen) atoms. The quantitative estimate of drug-likeness (QED) is 0.680. The zero-order valence-electron chi connectivity index (χ0n) is 7.53. The van der Waals surface area contributed by atoms with Crippen molar-refractivity contribution in [3.63, 3.8) is 0 Å². The molecule has 0 aromatic heterocycles. The van der Waals surface area contributed by atoms with Gasteiger partial charge in [-0.25, -0.2) is 8.42 Å². The van der Waals surface area contributed by atoms with Crippen LogP contribution in [0.1, 0.15) is 25.7 Å². The minimum Gasteiger partial charge on any atom is -0.299 e. The summed E-state index contributed by atoms with van der Waals surface area (Å²) in [6.45, 7) is 0. The highest BCUT2D eigenvalue weighted by molar-refractivity contribution is 7.91. The van der Waals surface area contributed by atoms with Gasteiger partial charge in [-0.1, -0.05) is 0 Å². The van der Waals surface area contributed by atoms with Crippen LogP contribution >= 0.6 is 0 Å². The maximum atomic E-state index is 11.5. The molecule has 1 saturated heterocycles. The van der Waals surface area contributed by atoms with Crippen molar-refractivity contribution >= 4 is 15.6 Å². The van der Waals surface area contributed by atoms with E-state index in [0.29, 0.717) is 18.8 Å². The lowest BCUT2D eigenvalue weighted by Crippen LogP contribution is -2.16. The Morgan fingerprint density at radius 1 is 1.23 bits per heavy atom. The number of carbonyl (C=O) groups excluding carboxylic acids is 1. The fraction of sp³-hybridized carbons (Fsp3) is 0.889. The van der Waals surface area contributed by atoms with Gasteiger partial charge in [-0.15, -0.1) is 0 Å². The van der Waals surface area contributed by atoms with Gasteiger partial charge in [-0.3, -0.25) is 4.79 Å². The van der Waals surface area contributed by atoms with E-state index in [0.717, 1.165) is 12.8 Å².